The first-order valence-corrected chi connectivity index (χ1v) is 6.93. The van der Waals surface area contributed by atoms with E-state index in [0.717, 1.165) is 4.90 Å². The summed E-state index contributed by atoms with van der Waals surface area (Å²) < 4.78 is 42.0. The molecule has 2 aliphatic rings. The summed E-state index contributed by atoms with van der Waals surface area (Å²) in [5.74, 6) is -5.43. The molecule has 1 unspecified atom stereocenters. The quantitative estimate of drug-likeness (QED) is 0.871. The molecule has 8 heteroatoms. The maximum Gasteiger partial charge on any atom is 0.260 e. The molecule has 1 aromatic rings. The number of nitrogens with zero attached hydrogens (tertiary/aromatic N) is 1. The van der Waals surface area contributed by atoms with E-state index in [-0.39, 0.29) is 15.6 Å². The van der Waals surface area contributed by atoms with Crippen LogP contribution in [0.2, 0.25) is 0 Å². The van der Waals surface area contributed by atoms with Gasteiger partial charge in [-0.2, -0.15) is 0 Å². The monoisotopic (exact) mass is 362 g/mol. The van der Waals surface area contributed by atoms with E-state index in [1.807, 2.05) is 0 Å². The van der Waals surface area contributed by atoms with Crippen molar-refractivity contribution in [3.05, 3.63) is 33.5 Å². The van der Waals surface area contributed by atoms with Gasteiger partial charge in [-0.05, 0) is 28.1 Å². The predicted octanol–water partition coefficient (Wildman–Crippen LogP) is 1.81. The molecule has 2 amide bonds. The van der Waals surface area contributed by atoms with E-state index in [4.69, 9.17) is 5.73 Å². The molecule has 0 radical (unpaired) electrons. The van der Waals surface area contributed by atoms with Gasteiger partial charge < -0.3 is 10.6 Å². The molecule has 0 aromatic heterocycles. The molecule has 1 fully saturated rings. The maximum absolute atomic E-state index is 14.3. The summed E-state index contributed by atoms with van der Waals surface area (Å²) in [5, 5.41) is 0. The van der Waals surface area contributed by atoms with Gasteiger partial charge in [0.2, 0.25) is 5.91 Å². The number of benzene rings is 1. The van der Waals surface area contributed by atoms with Crippen molar-refractivity contribution >= 4 is 27.7 Å². The molecule has 112 valence electrons. The van der Waals surface area contributed by atoms with Gasteiger partial charge in [0, 0.05) is 24.1 Å². The number of fused-ring (bicyclic) bond motifs is 2. The van der Waals surface area contributed by atoms with Crippen LogP contribution in [0.25, 0.3) is 0 Å². The Morgan fingerprint density at radius 3 is 2.57 bits per heavy atom. The van der Waals surface area contributed by atoms with Crippen LogP contribution >= 0.6 is 15.9 Å². The standard InChI is InChI=1S/C13H10BrF3N2O2/c14-7-2-1-6-9(10(7)15)12(4-13(12,16)17)5-19(11(6)21)3-8(18)20/h1-2H,3-5H2,(H2,18,20). The van der Waals surface area contributed by atoms with E-state index >= 15 is 0 Å². The highest BCUT2D eigenvalue weighted by Gasteiger charge is 2.75. The molecular weight excluding hydrogens is 353 g/mol. The van der Waals surface area contributed by atoms with Crippen molar-refractivity contribution in [3.8, 4) is 0 Å². The Labute approximate surface area is 126 Å². The number of halogens is 4. The first-order chi connectivity index (χ1) is 9.69. The smallest absolute Gasteiger partial charge is 0.260 e. The number of hydrogen-bond donors (Lipinski definition) is 1. The van der Waals surface area contributed by atoms with Gasteiger partial charge in [0.1, 0.15) is 5.82 Å². The molecule has 1 spiro atoms. The highest BCUT2D eigenvalue weighted by molar-refractivity contribution is 9.10. The van der Waals surface area contributed by atoms with Crippen LogP contribution in [0, 0.1) is 5.82 Å². The molecule has 0 bridgehead atoms. The van der Waals surface area contributed by atoms with Crippen molar-refractivity contribution in [1.82, 2.24) is 4.90 Å². The molecule has 1 aliphatic heterocycles. The first kappa shape index (κ1) is 14.4. The summed E-state index contributed by atoms with van der Waals surface area (Å²) in [4.78, 5) is 24.2. The molecule has 1 atom stereocenters. The van der Waals surface area contributed by atoms with Gasteiger partial charge in [0.05, 0.1) is 16.4 Å². The number of carbonyl (C=O) groups excluding carboxylic acids is 2. The maximum atomic E-state index is 14.3. The minimum atomic E-state index is -3.11. The Morgan fingerprint density at radius 2 is 2.05 bits per heavy atom. The van der Waals surface area contributed by atoms with Gasteiger partial charge in [-0.25, -0.2) is 13.2 Å². The highest BCUT2D eigenvalue weighted by Crippen LogP contribution is 2.64. The van der Waals surface area contributed by atoms with E-state index in [1.165, 1.54) is 12.1 Å². The molecule has 21 heavy (non-hydrogen) atoms. The van der Waals surface area contributed by atoms with Crippen LogP contribution in [0.4, 0.5) is 13.2 Å². The van der Waals surface area contributed by atoms with Crippen LogP contribution in [0.5, 0.6) is 0 Å². The first-order valence-electron chi connectivity index (χ1n) is 6.13. The number of alkyl halides is 2. The Balaban J connectivity index is 2.17. The second kappa shape index (κ2) is 4.22. The van der Waals surface area contributed by atoms with Crippen molar-refractivity contribution < 1.29 is 22.8 Å². The van der Waals surface area contributed by atoms with E-state index in [9.17, 15) is 22.8 Å². The van der Waals surface area contributed by atoms with Crippen LogP contribution < -0.4 is 5.73 Å². The number of amides is 2. The van der Waals surface area contributed by atoms with E-state index in [0.29, 0.717) is 0 Å². The van der Waals surface area contributed by atoms with E-state index < -0.39 is 48.5 Å². The molecule has 2 N–H and O–H groups in total. The lowest BCUT2D eigenvalue weighted by Gasteiger charge is -2.34. The van der Waals surface area contributed by atoms with Crippen LogP contribution in [0.1, 0.15) is 22.3 Å². The van der Waals surface area contributed by atoms with Crippen molar-refractivity contribution in [2.24, 2.45) is 5.73 Å². The van der Waals surface area contributed by atoms with Crippen LogP contribution in [0.15, 0.2) is 16.6 Å². The summed E-state index contributed by atoms with van der Waals surface area (Å²) >= 11 is 2.95. The third kappa shape index (κ3) is 1.88. The largest absolute Gasteiger partial charge is 0.368 e. The molecule has 4 nitrogen and oxygen atoms in total. The normalized spacial score (nSPS) is 25.9. The molecule has 1 aromatic carbocycles. The SMILES string of the molecule is NC(=O)CN1CC2(CC2(F)F)c2c(ccc(Br)c2F)C1=O. The van der Waals surface area contributed by atoms with Crippen molar-refractivity contribution in [2.45, 2.75) is 17.8 Å². The average molecular weight is 363 g/mol. The van der Waals surface area contributed by atoms with E-state index in [2.05, 4.69) is 15.9 Å². The molecule has 0 saturated heterocycles. The fourth-order valence-electron chi connectivity index (χ4n) is 2.94. The summed E-state index contributed by atoms with van der Waals surface area (Å²) in [5.41, 5.74) is 2.86. The van der Waals surface area contributed by atoms with E-state index in [1.54, 1.807) is 0 Å². The molecule has 3 rings (SSSR count). The fraction of sp³-hybridized carbons (Fsp3) is 0.385. The minimum absolute atomic E-state index is 0.0273. The topological polar surface area (TPSA) is 63.4 Å². The highest BCUT2D eigenvalue weighted by atomic mass is 79.9. The van der Waals surface area contributed by atoms with Gasteiger partial charge in [-0.3, -0.25) is 9.59 Å². The number of rotatable bonds is 2. The molecular formula is C13H10BrF3N2O2. The number of hydrogen-bond acceptors (Lipinski definition) is 2. The second-order valence-corrected chi connectivity index (χ2v) is 6.23. The zero-order valence-corrected chi connectivity index (χ0v) is 12.2. The van der Waals surface area contributed by atoms with Crippen LogP contribution in [0.3, 0.4) is 0 Å². The van der Waals surface area contributed by atoms with Crippen LogP contribution in [-0.2, 0) is 10.2 Å². The minimum Gasteiger partial charge on any atom is -0.368 e. The third-order valence-corrected chi connectivity index (χ3v) is 4.61. The summed E-state index contributed by atoms with van der Waals surface area (Å²) in [6.07, 6.45) is -0.553. The predicted molar refractivity (Wildman–Crippen MR) is 70.4 cm³/mol. The Morgan fingerprint density at radius 1 is 1.43 bits per heavy atom. The van der Waals surface area contributed by atoms with Gasteiger partial charge in [-0.15, -0.1) is 0 Å². The van der Waals surface area contributed by atoms with Gasteiger partial charge in [-0.1, -0.05) is 0 Å². The fourth-order valence-corrected chi connectivity index (χ4v) is 3.27. The molecule has 1 saturated carbocycles. The number of primary amides is 1. The lowest BCUT2D eigenvalue weighted by Crippen LogP contribution is -2.49. The Hall–Kier alpha value is -1.57. The summed E-state index contributed by atoms with van der Waals surface area (Å²) in [6, 6.07) is 2.57. The average Bonchev–Trinajstić information content (AvgIpc) is 2.90. The van der Waals surface area contributed by atoms with Gasteiger partial charge >= 0.3 is 0 Å². The van der Waals surface area contributed by atoms with Gasteiger partial charge in [0.25, 0.3) is 11.8 Å². The Kier molecular flexibility index (Phi) is 2.89. The lowest BCUT2D eigenvalue weighted by atomic mass is 9.85. The second-order valence-electron chi connectivity index (χ2n) is 5.37. The number of nitrogens with two attached hydrogens (primary N) is 1. The lowest BCUT2D eigenvalue weighted by molar-refractivity contribution is -0.118. The summed E-state index contributed by atoms with van der Waals surface area (Å²) in [7, 11) is 0. The van der Waals surface area contributed by atoms with Crippen molar-refractivity contribution in [1.29, 1.82) is 0 Å². The zero-order chi connectivity index (χ0) is 15.6. The molecule has 1 heterocycles. The Bertz CT molecular complexity index is 680. The van der Waals surface area contributed by atoms with Crippen LogP contribution in [-0.4, -0.2) is 35.7 Å². The van der Waals surface area contributed by atoms with Crippen molar-refractivity contribution in [2.75, 3.05) is 13.1 Å². The van der Waals surface area contributed by atoms with Gasteiger partial charge in [0.15, 0.2) is 0 Å². The zero-order valence-electron chi connectivity index (χ0n) is 10.6. The molecule has 1 aliphatic carbocycles. The number of carbonyl (C=O) groups is 2. The third-order valence-electron chi connectivity index (χ3n) is 4.00. The van der Waals surface area contributed by atoms with Crippen molar-refractivity contribution in [3.63, 3.8) is 0 Å². The summed E-state index contributed by atoms with van der Waals surface area (Å²) in [6.45, 7) is -0.879.